The predicted molar refractivity (Wildman–Crippen MR) is 86.2 cm³/mol. The van der Waals surface area contributed by atoms with E-state index in [-0.39, 0.29) is 11.9 Å². The van der Waals surface area contributed by atoms with Gasteiger partial charge in [-0.25, -0.2) is 4.79 Å². The molecule has 0 saturated carbocycles. The molecule has 0 aliphatic heterocycles. The van der Waals surface area contributed by atoms with E-state index < -0.39 is 11.6 Å². The van der Waals surface area contributed by atoms with E-state index in [4.69, 9.17) is 15.2 Å². The minimum atomic E-state index is -0.576. The number of carbonyl (C=O) groups is 2. The molecule has 1 aliphatic rings. The van der Waals surface area contributed by atoms with Crippen LogP contribution in [-0.4, -0.2) is 24.1 Å². The Morgan fingerprint density at radius 2 is 2.05 bits per heavy atom. The van der Waals surface area contributed by atoms with Crippen molar-refractivity contribution < 1.29 is 19.1 Å². The Morgan fingerprint density at radius 3 is 2.64 bits per heavy atom. The van der Waals surface area contributed by atoms with Gasteiger partial charge in [-0.3, -0.25) is 4.79 Å². The van der Waals surface area contributed by atoms with Gasteiger partial charge < -0.3 is 15.2 Å². The third-order valence-electron chi connectivity index (χ3n) is 3.48. The van der Waals surface area contributed by atoms with Crippen molar-refractivity contribution in [2.75, 3.05) is 12.3 Å². The van der Waals surface area contributed by atoms with Crippen LogP contribution in [-0.2, 0) is 20.7 Å². The first-order valence-corrected chi connectivity index (χ1v) is 8.37. The smallest absolute Gasteiger partial charge is 0.341 e. The van der Waals surface area contributed by atoms with E-state index in [1.807, 2.05) is 20.8 Å². The van der Waals surface area contributed by atoms with Crippen LogP contribution < -0.4 is 5.73 Å². The van der Waals surface area contributed by atoms with Gasteiger partial charge in [-0.15, -0.1) is 11.3 Å². The van der Waals surface area contributed by atoms with Gasteiger partial charge in [0, 0.05) is 4.88 Å². The standard InChI is InChI=1S/C16H23NO4S/c1-5-20-14(18)10-8-6-7-9-11(13(17)22-12(9)10)15(19)21-16(2,3)4/h10H,5-8,17H2,1-4H3. The average molecular weight is 325 g/mol. The van der Waals surface area contributed by atoms with Gasteiger partial charge in [0.05, 0.1) is 18.1 Å². The summed E-state index contributed by atoms with van der Waals surface area (Å²) in [5.41, 5.74) is 6.76. The summed E-state index contributed by atoms with van der Waals surface area (Å²) in [4.78, 5) is 25.4. The molecule has 0 spiro atoms. The fraction of sp³-hybridized carbons (Fsp3) is 0.625. The number of hydrogen-bond donors (Lipinski definition) is 1. The topological polar surface area (TPSA) is 78.6 Å². The summed E-state index contributed by atoms with van der Waals surface area (Å²) in [6, 6.07) is 0. The first kappa shape index (κ1) is 16.8. The number of nitrogens with two attached hydrogens (primary N) is 1. The maximum absolute atomic E-state index is 12.4. The van der Waals surface area contributed by atoms with Crippen molar-refractivity contribution in [2.24, 2.45) is 0 Å². The van der Waals surface area contributed by atoms with Crippen LogP contribution in [0.4, 0.5) is 5.00 Å². The third kappa shape index (κ3) is 3.43. The number of hydrogen-bond acceptors (Lipinski definition) is 6. The van der Waals surface area contributed by atoms with Gasteiger partial charge in [0.25, 0.3) is 0 Å². The quantitative estimate of drug-likeness (QED) is 0.863. The normalized spacial score (nSPS) is 17.7. The summed E-state index contributed by atoms with van der Waals surface area (Å²) in [7, 11) is 0. The lowest BCUT2D eigenvalue weighted by Gasteiger charge is -2.23. The second-order valence-corrected chi connectivity index (χ2v) is 7.47. The lowest BCUT2D eigenvalue weighted by Crippen LogP contribution is -2.25. The summed E-state index contributed by atoms with van der Waals surface area (Å²) in [6.45, 7) is 7.60. The van der Waals surface area contributed by atoms with Crippen molar-refractivity contribution in [3.05, 3.63) is 16.0 Å². The Kier molecular flexibility index (Phi) is 4.80. The van der Waals surface area contributed by atoms with Crippen molar-refractivity contribution in [3.8, 4) is 0 Å². The van der Waals surface area contributed by atoms with Crippen LogP contribution >= 0.6 is 11.3 Å². The molecule has 2 rings (SSSR count). The fourth-order valence-electron chi connectivity index (χ4n) is 2.67. The maximum atomic E-state index is 12.4. The van der Waals surface area contributed by atoms with Gasteiger partial charge in [-0.05, 0) is 52.5 Å². The number of esters is 2. The number of rotatable bonds is 3. The molecule has 1 aliphatic carbocycles. The van der Waals surface area contributed by atoms with E-state index in [0.29, 0.717) is 17.2 Å². The Morgan fingerprint density at radius 1 is 1.36 bits per heavy atom. The van der Waals surface area contributed by atoms with Gasteiger partial charge in [-0.2, -0.15) is 0 Å². The molecule has 22 heavy (non-hydrogen) atoms. The third-order valence-corrected chi connectivity index (χ3v) is 4.65. The first-order chi connectivity index (χ1) is 10.2. The second kappa shape index (κ2) is 6.28. The average Bonchev–Trinajstić information content (AvgIpc) is 2.72. The molecular formula is C16H23NO4S. The van der Waals surface area contributed by atoms with Crippen LogP contribution in [0.2, 0.25) is 0 Å². The Hall–Kier alpha value is -1.56. The zero-order valence-electron chi connectivity index (χ0n) is 13.5. The Balaban J connectivity index is 2.36. The summed E-state index contributed by atoms with van der Waals surface area (Å²) in [5.74, 6) is -0.959. The van der Waals surface area contributed by atoms with E-state index in [1.165, 1.54) is 11.3 Å². The number of fused-ring (bicyclic) bond motifs is 1. The highest BCUT2D eigenvalue weighted by Gasteiger charge is 2.35. The molecule has 0 radical (unpaired) electrons. The maximum Gasteiger partial charge on any atom is 0.341 e. The predicted octanol–water partition coefficient (Wildman–Crippen LogP) is 3.27. The SMILES string of the molecule is CCOC(=O)C1CCCc2c1sc(N)c2C(=O)OC(C)(C)C. The van der Waals surface area contributed by atoms with Crippen molar-refractivity contribution >= 4 is 28.3 Å². The minimum absolute atomic E-state index is 0.236. The molecule has 0 aromatic carbocycles. The number of nitrogen functional groups attached to an aromatic ring is 1. The van der Waals surface area contributed by atoms with Crippen molar-refractivity contribution in [3.63, 3.8) is 0 Å². The highest BCUT2D eigenvalue weighted by molar-refractivity contribution is 7.16. The number of ether oxygens (including phenoxy) is 2. The van der Waals surface area contributed by atoms with Crippen molar-refractivity contribution in [1.82, 2.24) is 0 Å². The number of anilines is 1. The van der Waals surface area contributed by atoms with Crippen LogP contribution in [0.3, 0.4) is 0 Å². The molecule has 122 valence electrons. The molecule has 0 amide bonds. The molecule has 1 aromatic rings. The lowest BCUT2D eigenvalue weighted by molar-refractivity contribution is -0.145. The molecule has 6 heteroatoms. The van der Waals surface area contributed by atoms with Crippen LogP contribution in [0.15, 0.2) is 0 Å². The molecule has 0 bridgehead atoms. The fourth-order valence-corrected chi connectivity index (χ4v) is 3.90. The van der Waals surface area contributed by atoms with Gasteiger partial charge >= 0.3 is 11.9 Å². The highest BCUT2D eigenvalue weighted by Crippen LogP contribution is 2.43. The van der Waals surface area contributed by atoms with E-state index in [1.54, 1.807) is 6.92 Å². The molecule has 0 fully saturated rings. The van der Waals surface area contributed by atoms with Gasteiger partial charge in [0.1, 0.15) is 10.6 Å². The molecule has 1 heterocycles. The van der Waals surface area contributed by atoms with Crippen LogP contribution in [0.1, 0.15) is 67.3 Å². The zero-order chi connectivity index (χ0) is 16.5. The molecule has 2 N–H and O–H groups in total. The molecule has 0 saturated heterocycles. The van der Waals surface area contributed by atoms with Crippen LogP contribution in [0.5, 0.6) is 0 Å². The van der Waals surface area contributed by atoms with Gasteiger partial charge in [-0.1, -0.05) is 0 Å². The lowest BCUT2D eigenvalue weighted by atomic mass is 9.87. The number of carbonyl (C=O) groups excluding carboxylic acids is 2. The monoisotopic (exact) mass is 325 g/mol. The van der Waals surface area contributed by atoms with Crippen molar-refractivity contribution in [1.29, 1.82) is 0 Å². The Labute approximate surface area is 134 Å². The minimum Gasteiger partial charge on any atom is -0.465 e. The molecular weight excluding hydrogens is 302 g/mol. The van der Waals surface area contributed by atoms with E-state index in [9.17, 15) is 9.59 Å². The Bertz CT molecular complexity index is 586. The van der Waals surface area contributed by atoms with E-state index in [2.05, 4.69) is 0 Å². The molecule has 1 unspecified atom stereocenters. The van der Waals surface area contributed by atoms with E-state index >= 15 is 0 Å². The van der Waals surface area contributed by atoms with Crippen molar-refractivity contribution in [2.45, 2.75) is 58.5 Å². The van der Waals surface area contributed by atoms with Gasteiger partial charge in [0.15, 0.2) is 0 Å². The molecule has 1 aromatic heterocycles. The summed E-state index contributed by atoms with van der Waals surface area (Å²) >= 11 is 1.31. The van der Waals surface area contributed by atoms with Crippen LogP contribution in [0, 0.1) is 0 Å². The highest BCUT2D eigenvalue weighted by atomic mass is 32.1. The molecule has 1 atom stereocenters. The summed E-state index contributed by atoms with van der Waals surface area (Å²) in [6.07, 6.45) is 2.31. The largest absolute Gasteiger partial charge is 0.465 e. The molecule has 5 nitrogen and oxygen atoms in total. The second-order valence-electron chi connectivity index (χ2n) is 6.38. The summed E-state index contributed by atoms with van der Waals surface area (Å²) in [5, 5.41) is 0.426. The first-order valence-electron chi connectivity index (χ1n) is 7.55. The van der Waals surface area contributed by atoms with Crippen LogP contribution in [0.25, 0.3) is 0 Å². The zero-order valence-corrected chi connectivity index (χ0v) is 14.3. The van der Waals surface area contributed by atoms with Gasteiger partial charge in [0.2, 0.25) is 0 Å². The van der Waals surface area contributed by atoms with E-state index in [0.717, 1.165) is 29.7 Å². The summed E-state index contributed by atoms with van der Waals surface area (Å²) < 4.78 is 10.6. The number of thiophene rings is 1.